The number of hydrogen-bond donors (Lipinski definition) is 1. The zero-order valence-corrected chi connectivity index (χ0v) is 7.86. The molecule has 1 unspecified atom stereocenters. The first-order valence-electron chi connectivity index (χ1n) is 4.38. The van der Waals surface area contributed by atoms with E-state index in [0.717, 1.165) is 0 Å². The van der Waals surface area contributed by atoms with Crippen molar-refractivity contribution in [2.24, 2.45) is 5.92 Å². The predicted molar refractivity (Wildman–Crippen MR) is 47.9 cm³/mol. The van der Waals surface area contributed by atoms with E-state index in [-0.39, 0.29) is 19.2 Å². The van der Waals surface area contributed by atoms with E-state index in [1.54, 1.807) is 0 Å². The van der Waals surface area contributed by atoms with Gasteiger partial charge < -0.3 is 5.32 Å². The van der Waals surface area contributed by atoms with Crippen LogP contribution in [-0.2, 0) is 4.79 Å². The number of carbonyl (C=O) groups excluding carboxylic acids is 1. The number of nitrogens with one attached hydrogen (secondary N) is 1. The van der Waals surface area contributed by atoms with E-state index in [1.165, 1.54) is 6.92 Å². The number of alkyl halides is 1. The average Bonchev–Trinajstić information content (AvgIpc) is 2.28. The molecule has 0 bridgehead atoms. The van der Waals surface area contributed by atoms with Gasteiger partial charge in [0.15, 0.2) is 5.78 Å². The van der Waals surface area contributed by atoms with Crippen LogP contribution in [0.4, 0.5) is 4.39 Å². The third-order valence-corrected chi connectivity index (χ3v) is 2.26. The van der Waals surface area contributed by atoms with Crippen LogP contribution in [0.5, 0.6) is 0 Å². The first-order chi connectivity index (χ1) is 5.42. The molecule has 0 aliphatic carbocycles. The second-order valence-electron chi connectivity index (χ2n) is 4.11. The van der Waals surface area contributed by atoms with Gasteiger partial charge in [-0.1, -0.05) is 13.8 Å². The molecule has 0 aromatic carbocycles. The minimum Gasteiger partial charge on any atom is -0.304 e. The van der Waals surface area contributed by atoms with Gasteiger partial charge in [-0.3, -0.25) is 4.79 Å². The maximum atomic E-state index is 13.3. The number of hydrogen-bond acceptors (Lipinski definition) is 2. The molecular weight excluding hydrogens is 157 g/mol. The molecule has 0 amide bonds. The van der Waals surface area contributed by atoms with Crippen LogP contribution in [0.3, 0.4) is 0 Å². The number of carbonyl (C=O) groups is 1. The van der Waals surface area contributed by atoms with Gasteiger partial charge in [-0.15, -0.1) is 0 Å². The number of ketones is 1. The number of halogens is 1. The summed E-state index contributed by atoms with van der Waals surface area (Å²) in [5.41, 5.74) is -1.20. The minimum absolute atomic E-state index is 0. The van der Waals surface area contributed by atoms with E-state index in [1.807, 2.05) is 13.8 Å². The van der Waals surface area contributed by atoms with Gasteiger partial charge in [0.1, 0.15) is 5.67 Å². The smallest absolute Gasteiger partial charge is 0.152 e. The molecule has 1 fully saturated rings. The molecule has 1 aliphatic heterocycles. The Morgan fingerprint density at radius 1 is 1.75 bits per heavy atom. The van der Waals surface area contributed by atoms with E-state index in [9.17, 15) is 9.18 Å². The third-order valence-electron chi connectivity index (χ3n) is 2.26. The highest BCUT2D eigenvalue weighted by Gasteiger charge is 2.38. The maximum Gasteiger partial charge on any atom is 0.152 e. The molecule has 0 saturated carbocycles. The second-order valence-corrected chi connectivity index (χ2v) is 4.11. The molecule has 2 nitrogen and oxygen atoms in total. The third kappa shape index (κ3) is 2.03. The van der Waals surface area contributed by atoms with Crippen LogP contribution in [-0.4, -0.2) is 24.0 Å². The lowest BCUT2D eigenvalue weighted by Crippen LogP contribution is -2.33. The summed E-state index contributed by atoms with van der Waals surface area (Å²) in [4.78, 5) is 11.4. The maximum absolute atomic E-state index is 13.3. The Balaban J connectivity index is 0.00000144. The Morgan fingerprint density at radius 2 is 2.33 bits per heavy atom. The van der Waals surface area contributed by atoms with Crippen LogP contribution in [0.2, 0.25) is 0 Å². The van der Waals surface area contributed by atoms with Crippen molar-refractivity contribution in [3.63, 3.8) is 0 Å². The fraction of sp³-hybridized carbons (Fsp3) is 0.889. The molecule has 0 spiro atoms. The number of Topliss-reactive ketones (excluding diaryl/α,β-unsaturated/α-hetero) is 1. The summed E-state index contributed by atoms with van der Waals surface area (Å²) in [6.07, 6.45) is 0.323. The van der Waals surface area contributed by atoms with E-state index in [0.29, 0.717) is 13.0 Å². The van der Waals surface area contributed by atoms with Gasteiger partial charge in [0.2, 0.25) is 0 Å². The lowest BCUT2D eigenvalue weighted by Gasteiger charge is -2.12. The zero-order valence-electron chi connectivity index (χ0n) is 7.86. The van der Waals surface area contributed by atoms with Crippen LogP contribution in [0.1, 0.15) is 28.6 Å². The molecule has 0 aromatic heterocycles. The molecule has 72 valence electrons. The predicted octanol–water partition coefficient (Wildman–Crippen LogP) is 1.55. The van der Waals surface area contributed by atoms with Gasteiger partial charge in [-0.25, -0.2) is 4.39 Å². The highest BCUT2D eigenvalue weighted by molar-refractivity contribution is 5.86. The van der Waals surface area contributed by atoms with Crippen molar-refractivity contribution in [2.45, 2.75) is 38.9 Å². The largest absolute Gasteiger partial charge is 0.304 e. The van der Waals surface area contributed by atoms with Crippen molar-refractivity contribution in [2.75, 3.05) is 6.54 Å². The lowest BCUT2D eigenvalue weighted by atomic mass is 9.97. The first kappa shape index (κ1) is 9.65. The SMILES string of the molecule is CC(C)C(=O)[C@@H]1CC(C)(F)CN1.[HH]. The van der Waals surface area contributed by atoms with Crippen LogP contribution >= 0.6 is 0 Å². The lowest BCUT2D eigenvalue weighted by molar-refractivity contribution is -0.123. The van der Waals surface area contributed by atoms with Crippen LogP contribution < -0.4 is 5.32 Å². The highest BCUT2D eigenvalue weighted by atomic mass is 19.1. The van der Waals surface area contributed by atoms with E-state index >= 15 is 0 Å². The topological polar surface area (TPSA) is 29.1 Å². The van der Waals surface area contributed by atoms with E-state index in [2.05, 4.69) is 5.32 Å². The summed E-state index contributed by atoms with van der Waals surface area (Å²) in [6.45, 7) is 5.53. The Morgan fingerprint density at radius 3 is 2.67 bits per heavy atom. The van der Waals surface area contributed by atoms with Crippen molar-refractivity contribution < 1.29 is 10.6 Å². The summed E-state index contributed by atoms with van der Waals surface area (Å²) in [5.74, 6) is 0.118. The molecule has 3 heteroatoms. The summed E-state index contributed by atoms with van der Waals surface area (Å²) >= 11 is 0. The van der Waals surface area contributed by atoms with Crippen LogP contribution in [0.15, 0.2) is 0 Å². The van der Waals surface area contributed by atoms with Crippen molar-refractivity contribution in [3.8, 4) is 0 Å². The van der Waals surface area contributed by atoms with Gasteiger partial charge >= 0.3 is 0 Å². The van der Waals surface area contributed by atoms with E-state index in [4.69, 9.17) is 0 Å². The Kier molecular flexibility index (Phi) is 2.52. The van der Waals surface area contributed by atoms with Gasteiger partial charge in [0.25, 0.3) is 0 Å². The molecule has 1 rings (SSSR count). The molecule has 0 radical (unpaired) electrons. The van der Waals surface area contributed by atoms with Crippen molar-refractivity contribution in [1.82, 2.24) is 5.32 Å². The van der Waals surface area contributed by atoms with Gasteiger partial charge in [0.05, 0.1) is 6.04 Å². The summed E-state index contributed by atoms with van der Waals surface area (Å²) in [7, 11) is 0. The summed E-state index contributed by atoms with van der Waals surface area (Å²) in [5, 5.41) is 2.90. The Labute approximate surface area is 74.0 Å². The minimum atomic E-state index is -1.20. The van der Waals surface area contributed by atoms with E-state index < -0.39 is 5.67 Å². The van der Waals surface area contributed by atoms with Gasteiger partial charge in [0, 0.05) is 20.3 Å². The zero-order chi connectivity index (χ0) is 9.35. The molecule has 0 aromatic rings. The molecule has 1 heterocycles. The van der Waals surface area contributed by atoms with Crippen molar-refractivity contribution in [3.05, 3.63) is 0 Å². The summed E-state index contributed by atoms with van der Waals surface area (Å²) in [6, 6.07) is -0.264. The Bertz CT molecular complexity index is 194. The van der Waals surface area contributed by atoms with Crippen LogP contribution in [0, 0.1) is 5.92 Å². The molecule has 1 N–H and O–H groups in total. The fourth-order valence-electron chi connectivity index (χ4n) is 1.51. The number of rotatable bonds is 2. The molecule has 2 atom stereocenters. The van der Waals surface area contributed by atoms with Crippen LogP contribution in [0.25, 0.3) is 0 Å². The van der Waals surface area contributed by atoms with Gasteiger partial charge in [-0.05, 0) is 6.92 Å². The fourth-order valence-corrected chi connectivity index (χ4v) is 1.51. The first-order valence-corrected chi connectivity index (χ1v) is 4.38. The van der Waals surface area contributed by atoms with Crippen molar-refractivity contribution >= 4 is 5.78 Å². The molecule has 1 saturated heterocycles. The van der Waals surface area contributed by atoms with Crippen molar-refractivity contribution in [1.29, 1.82) is 0 Å². The van der Waals surface area contributed by atoms with Gasteiger partial charge in [-0.2, -0.15) is 0 Å². The molecule has 1 aliphatic rings. The molecular formula is C9H18FNO. The second kappa shape index (κ2) is 3.13. The Hall–Kier alpha value is -0.440. The average molecular weight is 175 g/mol. The quantitative estimate of drug-likeness (QED) is 0.690. The molecule has 12 heavy (non-hydrogen) atoms. The summed E-state index contributed by atoms with van der Waals surface area (Å²) < 4.78 is 13.3. The monoisotopic (exact) mass is 175 g/mol. The normalized spacial score (nSPS) is 35.9. The standard InChI is InChI=1S/C9H16FNO.H2/c1-6(2)8(12)7-4-9(3,10)5-11-7;/h6-7,11H,4-5H2,1-3H3;1H/t7-,9?;/m0./s1. The highest BCUT2D eigenvalue weighted by Crippen LogP contribution is 2.24.